The van der Waals surface area contributed by atoms with E-state index in [-0.39, 0.29) is 11.9 Å². The molecule has 5 nitrogen and oxygen atoms in total. The fraction of sp³-hybridized carbons (Fsp3) is 0.333. The zero-order valence-corrected chi connectivity index (χ0v) is 11.3. The molecule has 0 saturated carbocycles. The number of aliphatic carboxylic acids is 1. The van der Waals surface area contributed by atoms with Crippen LogP contribution in [0.1, 0.15) is 18.9 Å². The second-order valence-corrected chi connectivity index (χ2v) is 4.98. The number of nitrogens with one attached hydrogen (secondary N) is 2. The maximum Gasteiger partial charge on any atom is 0.328 e. The van der Waals surface area contributed by atoms with Crippen molar-refractivity contribution < 1.29 is 14.7 Å². The number of rotatable bonds is 4. The van der Waals surface area contributed by atoms with E-state index in [1.165, 1.54) is 6.08 Å². The molecule has 3 N–H and O–H groups in total. The van der Waals surface area contributed by atoms with Gasteiger partial charge in [-0.15, -0.1) is 0 Å². The standard InChI is InChI=1S/C15H18N2O3/c1-10-8-9-16-14(10)15(20)17-12-5-2-11(3-6-12)4-7-13(18)19/h2-7,10,14,16H,8-9H2,1H3,(H,17,20)(H,18,19)/b7-4+. The number of amides is 1. The van der Waals surface area contributed by atoms with Crippen molar-refractivity contribution in [1.29, 1.82) is 0 Å². The molecule has 1 saturated heterocycles. The van der Waals surface area contributed by atoms with Crippen LogP contribution in [0.15, 0.2) is 30.3 Å². The molecule has 1 fully saturated rings. The average Bonchev–Trinajstić information content (AvgIpc) is 2.84. The van der Waals surface area contributed by atoms with Gasteiger partial charge in [-0.2, -0.15) is 0 Å². The van der Waals surface area contributed by atoms with Gasteiger partial charge in [-0.05, 0) is 42.7 Å². The molecule has 20 heavy (non-hydrogen) atoms. The molecule has 0 radical (unpaired) electrons. The predicted molar refractivity (Wildman–Crippen MR) is 77.3 cm³/mol. The molecule has 5 heteroatoms. The summed E-state index contributed by atoms with van der Waals surface area (Å²) in [5.74, 6) is -0.666. The van der Waals surface area contributed by atoms with E-state index in [4.69, 9.17) is 5.11 Å². The smallest absolute Gasteiger partial charge is 0.328 e. The molecule has 1 aliphatic rings. The number of carboxylic acids is 1. The highest BCUT2D eigenvalue weighted by molar-refractivity contribution is 5.95. The van der Waals surface area contributed by atoms with Gasteiger partial charge in [0.25, 0.3) is 0 Å². The molecular weight excluding hydrogens is 256 g/mol. The van der Waals surface area contributed by atoms with Crippen LogP contribution in [0.4, 0.5) is 5.69 Å². The Labute approximate surface area is 117 Å². The Morgan fingerprint density at radius 3 is 2.60 bits per heavy atom. The molecule has 0 bridgehead atoms. The van der Waals surface area contributed by atoms with Gasteiger partial charge in [0.05, 0.1) is 6.04 Å². The van der Waals surface area contributed by atoms with Gasteiger partial charge in [0.15, 0.2) is 0 Å². The van der Waals surface area contributed by atoms with Gasteiger partial charge in [0, 0.05) is 11.8 Å². The van der Waals surface area contributed by atoms with Crippen LogP contribution >= 0.6 is 0 Å². The molecule has 2 rings (SSSR count). The molecule has 0 aromatic heterocycles. The van der Waals surface area contributed by atoms with Gasteiger partial charge in [0.1, 0.15) is 0 Å². The van der Waals surface area contributed by atoms with Crippen molar-refractivity contribution in [2.75, 3.05) is 11.9 Å². The summed E-state index contributed by atoms with van der Waals surface area (Å²) in [4.78, 5) is 22.5. The van der Waals surface area contributed by atoms with Gasteiger partial charge in [-0.1, -0.05) is 19.1 Å². The fourth-order valence-electron chi connectivity index (χ4n) is 2.25. The van der Waals surface area contributed by atoms with Crippen molar-refractivity contribution in [3.63, 3.8) is 0 Å². The minimum absolute atomic E-state index is 0.0242. The number of hydrogen-bond acceptors (Lipinski definition) is 3. The van der Waals surface area contributed by atoms with Crippen molar-refractivity contribution in [2.24, 2.45) is 5.92 Å². The average molecular weight is 274 g/mol. The van der Waals surface area contributed by atoms with Crippen LogP contribution in [0.3, 0.4) is 0 Å². The summed E-state index contributed by atoms with van der Waals surface area (Å²) in [6.45, 7) is 2.93. The zero-order chi connectivity index (χ0) is 14.5. The van der Waals surface area contributed by atoms with E-state index < -0.39 is 5.97 Å². The minimum atomic E-state index is -0.983. The van der Waals surface area contributed by atoms with E-state index in [2.05, 4.69) is 17.6 Å². The van der Waals surface area contributed by atoms with E-state index in [0.717, 1.165) is 24.6 Å². The van der Waals surface area contributed by atoms with Crippen molar-refractivity contribution in [2.45, 2.75) is 19.4 Å². The van der Waals surface area contributed by atoms with Crippen molar-refractivity contribution in [3.05, 3.63) is 35.9 Å². The van der Waals surface area contributed by atoms with E-state index in [1.807, 2.05) is 0 Å². The SMILES string of the molecule is CC1CCNC1C(=O)Nc1ccc(/C=C/C(=O)O)cc1. The minimum Gasteiger partial charge on any atom is -0.478 e. The lowest BCUT2D eigenvalue weighted by Crippen LogP contribution is -2.39. The molecular formula is C15H18N2O3. The fourth-order valence-corrected chi connectivity index (χ4v) is 2.25. The molecule has 106 valence electrons. The van der Waals surface area contributed by atoms with Crippen LogP contribution in [0, 0.1) is 5.92 Å². The largest absolute Gasteiger partial charge is 0.478 e. The monoisotopic (exact) mass is 274 g/mol. The van der Waals surface area contributed by atoms with Crippen LogP contribution in [-0.2, 0) is 9.59 Å². The molecule has 2 atom stereocenters. The maximum absolute atomic E-state index is 12.1. The summed E-state index contributed by atoms with van der Waals surface area (Å²) in [6, 6.07) is 6.92. The quantitative estimate of drug-likeness (QED) is 0.730. The number of hydrogen-bond donors (Lipinski definition) is 3. The van der Waals surface area contributed by atoms with E-state index in [0.29, 0.717) is 11.6 Å². The first kappa shape index (κ1) is 14.3. The molecule has 2 unspecified atom stereocenters. The van der Waals surface area contributed by atoms with E-state index in [1.54, 1.807) is 24.3 Å². The lowest BCUT2D eigenvalue weighted by atomic mass is 10.0. The summed E-state index contributed by atoms with van der Waals surface area (Å²) in [5, 5.41) is 14.6. The summed E-state index contributed by atoms with van der Waals surface area (Å²) < 4.78 is 0. The third-order valence-corrected chi connectivity index (χ3v) is 3.41. The van der Waals surface area contributed by atoms with E-state index >= 15 is 0 Å². The van der Waals surface area contributed by atoms with Crippen LogP contribution < -0.4 is 10.6 Å². The zero-order valence-electron chi connectivity index (χ0n) is 11.3. The van der Waals surface area contributed by atoms with Gasteiger partial charge in [-0.25, -0.2) is 4.79 Å². The molecule has 1 aliphatic heterocycles. The van der Waals surface area contributed by atoms with E-state index in [9.17, 15) is 9.59 Å². The first-order valence-corrected chi connectivity index (χ1v) is 6.61. The third-order valence-electron chi connectivity index (χ3n) is 3.41. The molecule has 1 heterocycles. The first-order valence-electron chi connectivity index (χ1n) is 6.61. The Bertz CT molecular complexity index is 522. The second kappa shape index (κ2) is 6.34. The number of carbonyl (C=O) groups excluding carboxylic acids is 1. The predicted octanol–water partition coefficient (Wildman–Crippen LogP) is 1.72. The molecule has 1 aromatic carbocycles. The van der Waals surface area contributed by atoms with Gasteiger partial charge < -0.3 is 15.7 Å². The van der Waals surface area contributed by atoms with Gasteiger partial charge in [-0.3, -0.25) is 4.79 Å². The van der Waals surface area contributed by atoms with Crippen LogP contribution in [0.5, 0.6) is 0 Å². The highest BCUT2D eigenvalue weighted by Gasteiger charge is 2.29. The van der Waals surface area contributed by atoms with Crippen molar-refractivity contribution in [1.82, 2.24) is 5.32 Å². The number of carboxylic acid groups (broad SMARTS) is 1. The second-order valence-electron chi connectivity index (χ2n) is 4.98. The molecule has 0 spiro atoms. The Balaban J connectivity index is 1.96. The lowest BCUT2D eigenvalue weighted by Gasteiger charge is -2.15. The van der Waals surface area contributed by atoms with Crippen LogP contribution in [0.2, 0.25) is 0 Å². The van der Waals surface area contributed by atoms with Gasteiger partial charge in [0.2, 0.25) is 5.91 Å². The van der Waals surface area contributed by atoms with Crippen LogP contribution in [0.25, 0.3) is 6.08 Å². The Kier molecular flexibility index (Phi) is 4.53. The summed E-state index contributed by atoms with van der Waals surface area (Å²) in [6.07, 6.45) is 3.60. The van der Waals surface area contributed by atoms with Crippen molar-refractivity contribution >= 4 is 23.6 Å². The molecule has 1 amide bonds. The maximum atomic E-state index is 12.1. The first-order chi connectivity index (χ1) is 9.56. The number of carbonyl (C=O) groups is 2. The number of anilines is 1. The molecule has 0 aliphatic carbocycles. The van der Waals surface area contributed by atoms with Gasteiger partial charge >= 0.3 is 5.97 Å². The summed E-state index contributed by atoms with van der Waals surface area (Å²) >= 11 is 0. The Hall–Kier alpha value is -2.14. The number of benzene rings is 1. The molecule has 1 aromatic rings. The Morgan fingerprint density at radius 2 is 2.05 bits per heavy atom. The normalized spacial score (nSPS) is 22.1. The van der Waals surface area contributed by atoms with Crippen molar-refractivity contribution in [3.8, 4) is 0 Å². The summed E-state index contributed by atoms with van der Waals surface area (Å²) in [5.41, 5.74) is 1.49. The van der Waals surface area contributed by atoms with Crippen LogP contribution in [-0.4, -0.2) is 29.6 Å². The summed E-state index contributed by atoms with van der Waals surface area (Å²) in [7, 11) is 0. The highest BCUT2D eigenvalue weighted by atomic mass is 16.4. The highest BCUT2D eigenvalue weighted by Crippen LogP contribution is 2.17. The lowest BCUT2D eigenvalue weighted by molar-refractivity contribution is -0.131. The Morgan fingerprint density at radius 1 is 1.35 bits per heavy atom. The third kappa shape index (κ3) is 3.68. The topological polar surface area (TPSA) is 78.4 Å².